The molecule has 1 aliphatic heterocycles. The number of aliphatic carboxylic acids is 1. The van der Waals surface area contributed by atoms with Gasteiger partial charge in [-0.05, 0) is 35.2 Å². The molecule has 0 amide bonds. The van der Waals surface area contributed by atoms with E-state index >= 15 is 0 Å². The van der Waals surface area contributed by atoms with Crippen molar-refractivity contribution in [2.24, 2.45) is 0 Å². The lowest BCUT2D eigenvalue weighted by Gasteiger charge is -2.24. The molecule has 3 rings (SSSR count). The lowest BCUT2D eigenvalue weighted by Crippen LogP contribution is -2.30. The number of carbonyl (C=O) groups is 2. The summed E-state index contributed by atoms with van der Waals surface area (Å²) in [6.45, 7) is 5.88. The number of carboxylic acid groups (broad SMARTS) is 1. The van der Waals surface area contributed by atoms with Crippen LogP contribution in [0.1, 0.15) is 47.8 Å². The summed E-state index contributed by atoms with van der Waals surface area (Å²) in [6, 6.07) is 8.59. The molecular weight excluding hydrogens is 412 g/mol. The number of ether oxygens (including phenoxy) is 3. The second kappa shape index (κ2) is 8.90. The molecule has 0 atom stereocenters. The number of hydrogen-bond donors (Lipinski definition) is 2. The number of benzene rings is 2. The number of methoxy groups -OCH3 is 2. The highest BCUT2D eigenvalue weighted by molar-refractivity contribution is 6.07. The minimum Gasteiger partial charge on any atom is -0.497 e. The third-order valence-electron chi connectivity index (χ3n) is 5.32. The Labute approximate surface area is 187 Å². The normalized spacial score (nSPS) is 13.0. The quantitative estimate of drug-likeness (QED) is 0.605. The number of rotatable bonds is 8. The van der Waals surface area contributed by atoms with Crippen molar-refractivity contribution in [2.75, 3.05) is 27.4 Å². The van der Waals surface area contributed by atoms with E-state index in [0.29, 0.717) is 34.9 Å². The van der Waals surface area contributed by atoms with Gasteiger partial charge in [0.2, 0.25) is 0 Å². The Hall–Kier alpha value is -3.55. The number of amidine groups is 1. The van der Waals surface area contributed by atoms with E-state index in [1.165, 1.54) is 7.11 Å². The van der Waals surface area contributed by atoms with Gasteiger partial charge in [0.1, 0.15) is 23.1 Å². The average Bonchev–Trinajstić information content (AvgIpc) is 3.05. The predicted octanol–water partition coefficient (Wildman–Crippen LogP) is 3.49. The monoisotopic (exact) mass is 440 g/mol. The van der Waals surface area contributed by atoms with Crippen LogP contribution >= 0.6 is 0 Å². The van der Waals surface area contributed by atoms with Crippen LogP contribution in [-0.4, -0.2) is 55.0 Å². The molecule has 2 aromatic carbocycles. The Bertz CT molecular complexity index is 1070. The first kappa shape index (κ1) is 23.1. The van der Waals surface area contributed by atoms with Crippen molar-refractivity contribution in [2.45, 2.75) is 32.7 Å². The molecular formula is C24H28N2O6. The van der Waals surface area contributed by atoms with Crippen LogP contribution in [0, 0.1) is 5.41 Å². The SMILES string of the molecule is COc1cc2c(c(OC)c1)C(=N)N(CC(=O)c1ccc(OCC(=O)O)c(C(C)(C)C)c1)C2. The topological polar surface area (TPSA) is 109 Å². The van der Waals surface area contributed by atoms with Gasteiger partial charge in [-0.1, -0.05) is 20.8 Å². The van der Waals surface area contributed by atoms with Crippen LogP contribution in [0.5, 0.6) is 17.2 Å². The van der Waals surface area contributed by atoms with Gasteiger partial charge in [0.05, 0.1) is 26.3 Å². The van der Waals surface area contributed by atoms with Gasteiger partial charge in [-0.3, -0.25) is 10.2 Å². The summed E-state index contributed by atoms with van der Waals surface area (Å²) in [5.41, 5.74) is 2.40. The zero-order chi connectivity index (χ0) is 23.6. The van der Waals surface area contributed by atoms with E-state index in [4.69, 9.17) is 24.7 Å². The summed E-state index contributed by atoms with van der Waals surface area (Å²) >= 11 is 0. The van der Waals surface area contributed by atoms with E-state index < -0.39 is 12.6 Å². The summed E-state index contributed by atoms with van der Waals surface area (Å²) in [4.78, 5) is 25.7. The summed E-state index contributed by atoms with van der Waals surface area (Å²) in [7, 11) is 3.11. The summed E-state index contributed by atoms with van der Waals surface area (Å²) < 4.78 is 16.2. The first-order valence-electron chi connectivity index (χ1n) is 10.2. The molecule has 8 heteroatoms. The number of nitrogens with zero attached hydrogens (tertiary/aromatic N) is 1. The van der Waals surface area contributed by atoms with Gasteiger partial charge in [-0.25, -0.2) is 4.79 Å². The molecule has 0 aromatic heterocycles. The highest BCUT2D eigenvalue weighted by atomic mass is 16.5. The van der Waals surface area contributed by atoms with E-state index in [1.807, 2.05) is 26.8 Å². The largest absolute Gasteiger partial charge is 0.497 e. The Morgan fingerprint density at radius 2 is 1.81 bits per heavy atom. The fraction of sp³-hybridized carbons (Fsp3) is 0.375. The Kier molecular flexibility index (Phi) is 6.43. The van der Waals surface area contributed by atoms with Crippen LogP contribution in [-0.2, 0) is 16.8 Å². The molecule has 0 spiro atoms. The Morgan fingerprint density at radius 3 is 2.41 bits per heavy atom. The fourth-order valence-electron chi connectivity index (χ4n) is 3.71. The van der Waals surface area contributed by atoms with Crippen molar-refractivity contribution in [1.29, 1.82) is 5.41 Å². The first-order valence-corrected chi connectivity index (χ1v) is 10.2. The van der Waals surface area contributed by atoms with Crippen molar-refractivity contribution in [3.05, 3.63) is 52.6 Å². The first-order chi connectivity index (χ1) is 15.0. The fourth-order valence-corrected chi connectivity index (χ4v) is 3.71. The van der Waals surface area contributed by atoms with E-state index in [1.54, 1.807) is 36.3 Å². The molecule has 0 radical (unpaired) electrons. The van der Waals surface area contributed by atoms with Gasteiger partial charge >= 0.3 is 5.97 Å². The number of hydrogen-bond acceptors (Lipinski definition) is 6. The molecule has 0 fully saturated rings. The molecule has 0 saturated heterocycles. The molecule has 8 nitrogen and oxygen atoms in total. The van der Waals surface area contributed by atoms with Gasteiger partial charge < -0.3 is 24.2 Å². The van der Waals surface area contributed by atoms with Crippen LogP contribution in [0.2, 0.25) is 0 Å². The molecule has 0 aliphatic carbocycles. The molecule has 1 aliphatic rings. The number of carbonyl (C=O) groups excluding carboxylic acids is 1. The van der Waals surface area contributed by atoms with Crippen LogP contribution in [0.25, 0.3) is 0 Å². The van der Waals surface area contributed by atoms with Gasteiger partial charge in [-0.15, -0.1) is 0 Å². The minimum absolute atomic E-state index is 0.0257. The van der Waals surface area contributed by atoms with E-state index in [0.717, 1.165) is 11.1 Å². The Morgan fingerprint density at radius 1 is 1.09 bits per heavy atom. The van der Waals surface area contributed by atoms with Crippen LogP contribution in [0.15, 0.2) is 30.3 Å². The molecule has 1 heterocycles. The molecule has 0 bridgehead atoms. The van der Waals surface area contributed by atoms with Crippen molar-refractivity contribution in [1.82, 2.24) is 4.90 Å². The third kappa shape index (κ3) is 4.69. The maximum absolute atomic E-state index is 13.1. The van der Waals surface area contributed by atoms with Gasteiger partial charge in [0.15, 0.2) is 12.4 Å². The molecule has 32 heavy (non-hydrogen) atoms. The summed E-state index contributed by atoms with van der Waals surface area (Å²) in [5, 5.41) is 17.5. The molecule has 170 valence electrons. The number of fused-ring (bicyclic) bond motifs is 1. The third-order valence-corrected chi connectivity index (χ3v) is 5.32. The van der Waals surface area contributed by atoms with Crippen molar-refractivity contribution < 1.29 is 28.9 Å². The lowest BCUT2D eigenvalue weighted by molar-refractivity contribution is -0.139. The van der Waals surface area contributed by atoms with Gasteiger partial charge in [-0.2, -0.15) is 0 Å². The number of carboxylic acids is 1. The number of Topliss-reactive ketones (excluding diaryl/α,β-unsaturated/α-hetero) is 1. The zero-order valence-corrected chi connectivity index (χ0v) is 18.9. The second-order valence-electron chi connectivity index (χ2n) is 8.63. The highest BCUT2D eigenvalue weighted by Crippen LogP contribution is 2.36. The zero-order valence-electron chi connectivity index (χ0n) is 18.9. The summed E-state index contributed by atoms with van der Waals surface area (Å²) in [5.74, 6) is 0.621. The van der Waals surface area contributed by atoms with E-state index in [9.17, 15) is 9.59 Å². The molecule has 0 saturated carbocycles. The van der Waals surface area contributed by atoms with Crippen LogP contribution < -0.4 is 14.2 Å². The Balaban J connectivity index is 1.84. The number of ketones is 1. The smallest absolute Gasteiger partial charge is 0.341 e. The van der Waals surface area contributed by atoms with Gasteiger partial charge in [0, 0.05) is 23.7 Å². The van der Waals surface area contributed by atoms with E-state index in [-0.39, 0.29) is 23.6 Å². The van der Waals surface area contributed by atoms with Crippen molar-refractivity contribution in [3.8, 4) is 17.2 Å². The van der Waals surface area contributed by atoms with Gasteiger partial charge in [0.25, 0.3) is 0 Å². The van der Waals surface area contributed by atoms with Crippen LogP contribution in [0.4, 0.5) is 0 Å². The predicted molar refractivity (Wildman–Crippen MR) is 119 cm³/mol. The van der Waals surface area contributed by atoms with Crippen LogP contribution in [0.3, 0.4) is 0 Å². The average molecular weight is 440 g/mol. The maximum atomic E-state index is 13.1. The van der Waals surface area contributed by atoms with Crippen molar-refractivity contribution >= 4 is 17.6 Å². The molecule has 2 aromatic rings. The second-order valence-corrected chi connectivity index (χ2v) is 8.63. The molecule has 2 N–H and O–H groups in total. The van der Waals surface area contributed by atoms with Crippen molar-refractivity contribution in [3.63, 3.8) is 0 Å². The lowest BCUT2D eigenvalue weighted by atomic mass is 9.85. The highest BCUT2D eigenvalue weighted by Gasteiger charge is 2.30. The minimum atomic E-state index is -1.07. The number of nitrogens with one attached hydrogen (secondary N) is 1. The maximum Gasteiger partial charge on any atom is 0.341 e. The summed E-state index contributed by atoms with van der Waals surface area (Å²) in [6.07, 6.45) is 0. The standard InChI is InChI=1S/C24H28N2O6/c1-24(2,3)17-9-14(6-7-19(17)32-13-21(28)29)18(27)12-26-11-15-8-16(30-4)10-20(31-5)22(15)23(26)25/h6-10,25H,11-13H2,1-5H3,(H,28,29). The molecule has 0 unspecified atom stereocenters. The van der Waals surface area contributed by atoms with E-state index in [2.05, 4.69) is 0 Å².